The first-order chi connectivity index (χ1) is 16.4. The molecule has 1 N–H and O–H groups in total. The Hall–Kier alpha value is -4.26. The molecular formula is C27H26N2O5. The Morgan fingerprint density at radius 3 is 2.15 bits per heavy atom. The number of ether oxygens (including phenoxy) is 3. The van der Waals surface area contributed by atoms with Gasteiger partial charge in [0.25, 0.3) is 11.8 Å². The fourth-order valence-corrected chi connectivity index (χ4v) is 3.83. The summed E-state index contributed by atoms with van der Waals surface area (Å²) in [6, 6.07) is 17.8. The second-order valence-electron chi connectivity index (χ2n) is 7.89. The average Bonchev–Trinajstić information content (AvgIpc) is 3.10. The van der Waals surface area contributed by atoms with Gasteiger partial charge in [-0.25, -0.2) is 4.90 Å². The molecule has 1 heterocycles. The summed E-state index contributed by atoms with van der Waals surface area (Å²) in [6.07, 6.45) is 0. The van der Waals surface area contributed by atoms with Crippen LogP contribution in [0.25, 0.3) is 5.57 Å². The fourth-order valence-electron chi connectivity index (χ4n) is 3.83. The number of nitrogens with zero attached hydrogens (tertiary/aromatic N) is 1. The van der Waals surface area contributed by atoms with Gasteiger partial charge in [-0.15, -0.1) is 0 Å². The highest BCUT2D eigenvalue weighted by Crippen LogP contribution is 2.37. The van der Waals surface area contributed by atoms with Crippen molar-refractivity contribution in [1.29, 1.82) is 0 Å². The van der Waals surface area contributed by atoms with Crippen LogP contribution in [-0.2, 0) is 9.59 Å². The molecule has 0 radical (unpaired) electrons. The third-order valence-corrected chi connectivity index (χ3v) is 5.86. The van der Waals surface area contributed by atoms with E-state index in [0.717, 1.165) is 16.0 Å². The molecule has 7 heteroatoms. The van der Waals surface area contributed by atoms with Crippen molar-refractivity contribution < 1.29 is 23.8 Å². The summed E-state index contributed by atoms with van der Waals surface area (Å²) in [4.78, 5) is 28.5. The van der Waals surface area contributed by atoms with Gasteiger partial charge in [0.1, 0.15) is 22.9 Å². The quantitative estimate of drug-likeness (QED) is 0.516. The normalized spacial score (nSPS) is 13.4. The maximum absolute atomic E-state index is 13.7. The van der Waals surface area contributed by atoms with E-state index in [2.05, 4.69) is 5.32 Å². The van der Waals surface area contributed by atoms with E-state index in [4.69, 9.17) is 14.2 Å². The first-order valence-corrected chi connectivity index (χ1v) is 10.7. The van der Waals surface area contributed by atoms with Crippen LogP contribution in [0.2, 0.25) is 0 Å². The molecule has 0 aliphatic carbocycles. The van der Waals surface area contributed by atoms with Crippen LogP contribution in [0.4, 0.5) is 11.4 Å². The van der Waals surface area contributed by atoms with E-state index in [0.29, 0.717) is 34.2 Å². The first kappa shape index (κ1) is 22.9. The van der Waals surface area contributed by atoms with Crippen molar-refractivity contribution in [3.05, 3.63) is 83.1 Å². The number of imide groups is 1. The van der Waals surface area contributed by atoms with Crippen LogP contribution in [0, 0.1) is 13.8 Å². The van der Waals surface area contributed by atoms with E-state index in [1.807, 2.05) is 32.0 Å². The summed E-state index contributed by atoms with van der Waals surface area (Å²) in [5.41, 5.74) is 4.18. The van der Waals surface area contributed by atoms with E-state index < -0.39 is 11.8 Å². The minimum atomic E-state index is -0.468. The van der Waals surface area contributed by atoms with Crippen LogP contribution in [0.3, 0.4) is 0 Å². The Morgan fingerprint density at radius 1 is 0.735 bits per heavy atom. The number of aryl methyl sites for hydroxylation is 2. The molecule has 4 rings (SSSR count). The number of amides is 2. The number of methoxy groups -OCH3 is 3. The number of rotatable bonds is 7. The summed E-state index contributed by atoms with van der Waals surface area (Å²) < 4.78 is 16.0. The lowest BCUT2D eigenvalue weighted by Crippen LogP contribution is -2.32. The molecule has 34 heavy (non-hydrogen) atoms. The number of carbonyl (C=O) groups is 2. The number of hydrogen-bond acceptors (Lipinski definition) is 6. The molecule has 2 amide bonds. The highest BCUT2D eigenvalue weighted by molar-refractivity contribution is 6.46. The van der Waals surface area contributed by atoms with Gasteiger partial charge in [0, 0.05) is 12.1 Å². The summed E-state index contributed by atoms with van der Waals surface area (Å²) in [7, 11) is 4.63. The van der Waals surface area contributed by atoms with Crippen molar-refractivity contribution in [2.75, 3.05) is 31.5 Å². The van der Waals surface area contributed by atoms with Gasteiger partial charge in [0.2, 0.25) is 0 Å². The van der Waals surface area contributed by atoms with Crippen LogP contribution in [0.1, 0.15) is 16.7 Å². The lowest BCUT2D eigenvalue weighted by atomic mass is 9.99. The number of nitrogens with one attached hydrogen (secondary N) is 1. The standard InChI is InChI=1S/C27H26N2O5/c1-16-9-10-18(13-17(16)2)24-25(28-22-12-11-21(33-4)15-23(22)34-5)27(31)29(26(24)30)19-7-6-8-20(14-19)32-3/h6-15,28H,1-5H3. The predicted molar refractivity (Wildman–Crippen MR) is 131 cm³/mol. The third-order valence-electron chi connectivity index (χ3n) is 5.86. The van der Waals surface area contributed by atoms with Crippen molar-refractivity contribution in [2.45, 2.75) is 13.8 Å². The maximum atomic E-state index is 13.7. The van der Waals surface area contributed by atoms with Crippen LogP contribution in [0.15, 0.2) is 66.4 Å². The summed E-state index contributed by atoms with van der Waals surface area (Å²) in [5.74, 6) is 0.744. The van der Waals surface area contributed by atoms with Gasteiger partial charge in [0.15, 0.2) is 0 Å². The average molecular weight is 459 g/mol. The molecule has 0 saturated carbocycles. The Bertz CT molecular complexity index is 1310. The van der Waals surface area contributed by atoms with Gasteiger partial charge in [0.05, 0.1) is 38.3 Å². The number of benzene rings is 3. The molecule has 0 spiro atoms. The topological polar surface area (TPSA) is 77.1 Å². The zero-order valence-corrected chi connectivity index (χ0v) is 19.8. The van der Waals surface area contributed by atoms with Crippen LogP contribution >= 0.6 is 0 Å². The number of hydrogen-bond donors (Lipinski definition) is 1. The van der Waals surface area contributed by atoms with Gasteiger partial charge in [-0.3, -0.25) is 9.59 Å². The molecule has 0 fully saturated rings. The second kappa shape index (κ2) is 9.31. The summed E-state index contributed by atoms with van der Waals surface area (Å²) in [6.45, 7) is 3.97. The van der Waals surface area contributed by atoms with Gasteiger partial charge in [-0.2, -0.15) is 0 Å². The van der Waals surface area contributed by atoms with Crippen LogP contribution in [-0.4, -0.2) is 33.1 Å². The van der Waals surface area contributed by atoms with Crippen LogP contribution in [0.5, 0.6) is 17.2 Å². The Balaban J connectivity index is 1.85. The van der Waals surface area contributed by atoms with E-state index in [1.165, 1.54) is 14.2 Å². The number of anilines is 2. The van der Waals surface area contributed by atoms with Gasteiger partial charge < -0.3 is 19.5 Å². The first-order valence-electron chi connectivity index (χ1n) is 10.7. The molecule has 0 saturated heterocycles. The molecule has 0 bridgehead atoms. The Labute approximate surface area is 198 Å². The molecule has 7 nitrogen and oxygen atoms in total. The number of carbonyl (C=O) groups excluding carboxylic acids is 2. The molecule has 1 aliphatic rings. The van der Waals surface area contributed by atoms with Gasteiger partial charge in [-0.05, 0) is 54.8 Å². The van der Waals surface area contributed by atoms with Crippen molar-refractivity contribution in [3.8, 4) is 17.2 Å². The smallest absolute Gasteiger partial charge is 0.282 e. The fraction of sp³-hybridized carbons (Fsp3) is 0.185. The molecular weight excluding hydrogens is 432 g/mol. The molecule has 0 aromatic heterocycles. The van der Waals surface area contributed by atoms with E-state index in [-0.39, 0.29) is 11.3 Å². The Kier molecular flexibility index (Phi) is 6.27. The lowest BCUT2D eigenvalue weighted by Gasteiger charge is -2.17. The molecule has 3 aromatic rings. The Morgan fingerprint density at radius 2 is 1.47 bits per heavy atom. The summed E-state index contributed by atoms with van der Waals surface area (Å²) in [5, 5.41) is 3.16. The lowest BCUT2D eigenvalue weighted by molar-refractivity contribution is -0.120. The van der Waals surface area contributed by atoms with Crippen molar-refractivity contribution in [2.24, 2.45) is 0 Å². The molecule has 3 aromatic carbocycles. The minimum absolute atomic E-state index is 0.166. The van der Waals surface area contributed by atoms with Gasteiger partial charge in [-0.1, -0.05) is 24.3 Å². The maximum Gasteiger partial charge on any atom is 0.282 e. The van der Waals surface area contributed by atoms with Crippen molar-refractivity contribution in [1.82, 2.24) is 0 Å². The van der Waals surface area contributed by atoms with Gasteiger partial charge >= 0.3 is 0 Å². The molecule has 174 valence electrons. The van der Waals surface area contributed by atoms with Crippen molar-refractivity contribution in [3.63, 3.8) is 0 Å². The second-order valence-corrected chi connectivity index (χ2v) is 7.89. The van der Waals surface area contributed by atoms with E-state index >= 15 is 0 Å². The molecule has 0 atom stereocenters. The zero-order valence-electron chi connectivity index (χ0n) is 19.8. The third kappa shape index (κ3) is 4.08. The highest BCUT2D eigenvalue weighted by atomic mass is 16.5. The molecule has 1 aliphatic heterocycles. The largest absolute Gasteiger partial charge is 0.497 e. The predicted octanol–water partition coefficient (Wildman–Crippen LogP) is 4.73. The zero-order chi connectivity index (χ0) is 24.4. The van der Waals surface area contributed by atoms with E-state index in [9.17, 15) is 9.59 Å². The minimum Gasteiger partial charge on any atom is -0.497 e. The monoisotopic (exact) mass is 458 g/mol. The van der Waals surface area contributed by atoms with E-state index in [1.54, 1.807) is 49.6 Å². The van der Waals surface area contributed by atoms with Crippen LogP contribution < -0.4 is 24.4 Å². The highest BCUT2D eigenvalue weighted by Gasteiger charge is 2.40. The summed E-state index contributed by atoms with van der Waals surface area (Å²) >= 11 is 0. The SMILES string of the molecule is COc1cccc(N2C(=O)C(Nc3ccc(OC)cc3OC)=C(c3ccc(C)c(C)c3)C2=O)c1. The molecule has 0 unspecified atom stereocenters. The van der Waals surface area contributed by atoms with Crippen molar-refractivity contribution >= 4 is 28.8 Å².